The van der Waals surface area contributed by atoms with Gasteiger partial charge in [0.2, 0.25) is 0 Å². The van der Waals surface area contributed by atoms with Crippen LogP contribution in [0, 0.1) is 5.92 Å². The number of nitrogens with zero attached hydrogens (tertiary/aromatic N) is 1. The van der Waals surface area contributed by atoms with Gasteiger partial charge in [0.15, 0.2) is 0 Å². The average Bonchev–Trinajstić information content (AvgIpc) is 2.48. The molecule has 0 bridgehead atoms. The normalized spacial score (nSPS) is 20.0. The summed E-state index contributed by atoms with van der Waals surface area (Å²) in [7, 11) is 4.31. The Kier molecular flexibility index (Phi) is 6.06. The standard InChI is InChI=1S/C18H30N2/c1-15(16-10-6-4-7-11-16)19-18(14-20(2)3)17-12-8-5-9-13-17/h5,8-9,12-13,15-16,18-19H,4,6-7,10-11,14H2,1-3H3. The number of benzene rings is 1. The van der Waals surface area contributed by atoms with Crippen LogP contribution in [0.1, 0.15) is 50.6 Å². The summed E-state index contributed by atoms with van der Waals surface area (Å²) in [6.07, 6.45) is 7.07. The zero-order valence-electron chi connectivity index (χ0n) is 13.3. The minimum absolute atomic E-state index is 0.433. The fourth-order valence-corrected chi connectivity index (χ4v) is 3.39. The van der Waals surface area contributed by atoms with Gasteiger partial charge in [0, 0.05) is 18.6 Å². The van der Waals surface area contributed by atoms with Gasteiger partial charge in [-0.15, -0.1) is 0 Å². The summed E-state index contributed by atoms with van der Waals surface area (Å²) >= 11 is 0. The van der Waals surface area contributed by atoms with E-state index < -0.39 is 0 Å². The molecule has 2 atom stereocenters. The van der Waals surface area contributed by atoms with Crippen molar-refractivity contribution in [1.29, 1.82) is 0 Å². The van der Waals surface area contributed by atoms with Crippen LogP contribution in [0.25, 0.3) is 0 Å². The van der Waals surface area contributed by atoms with Crippen LogP contribution in [0.5, 0.6) is 0 Å². The molecule has 20 heavy (non-hydrogen) atoms. The molecule has 1 fully saturated rings. The van der Waals surface area contributed by atoms with Gasteiger partial charge in [-0.25, -0.2) is 0 Å². The van der Waals surface area contributed by atoms with Gasteiger partial charge in [-0.2, -0.15) is 0 Å². The maximum absolute atomic E-state index is 3.89. The first-order valence-electron chi connectivity index (χ1n) is 8.12. The largest absolute Gasteiger partial charge is 0.308 e. The zero-order valence-corrected chi connectivity index (χ0v) is 13.3. The Morgan fingerprint density at radius 2 is 1.75 bits per heavy atom. The van der Waals surface area contributed by atoms with E-state index in [4.69, 9.17) is 0 Å². The van der Waals surface area contributed by atoms with Crippen LogP contribution >= 0.6 is 0 Å². The second-order valence-electron chi connectivity index (χ2n) is 6.58. The quantitative estimate of drug-likeness (QED) is 0.847. The van der Waals surface area contributed by atoms with E-state index in [1.54, 1.807) is 0 Å². The van der Waals surface area contributed by atoms with Crippen molar-refractivity contribution in [1.82, 2.24) is 10.2 Å². The van der Waals surface area contributed by atoms with Crippen LogP contribution in [0.15, 0.2) is 30.3 Å². The van der Waals surface area contributed by atoms with Crippen molar-refractivity contribution in [3.63, 3.8) is 0 Å². The highest BCUT2D eigenvalue weighted by molar-refractivity contribution is 5.19. The SMILES string of the molecule is CC(NC(CN(C)C)c1ccccc1)C1CCCCC1. The van der Waals surface area contributed by atoms with Gasteiger partial charge in [-0.05, 0) is 45.3 Å². The van der Waals surface area contributed by atoms with Crippen molar-refractivity contribution < 1.29 is 0 Å². The van der Waals surface area contributed by atoms with Gasteiger partial charge in [-0.1, -0.05) is 49.6 Å². The summed E-state index contributed by atoms with van der Waals surface area (Å²) in [6.45, 7) is 3.43. The third kappa shape index (κ3) is 4.60. The molecule has 1 N–H and O–H groups in total. The molecule has 0 amide bonds. The molecule has 2 nitrogen and oxygen atoms in total. The third-order valence-electron chi connectivity index (χ3n) is 4.57. The Bertz CT molecular complexity index is 368. The second-order valence-corrected chi connectivity index (χ2v) is 6.58. The molecule has 0 saturated heterocycles. The lowest BCUT2D eigenvalue weighted by Crippen LogP contribution is -2.41. The lowest BCUT2D eigenvalue weighted by Gasteiger charge is -2.33. The molecule has 1 aliphatic rings. The number of hydrogen-bond acceptors (Lipinski definition) is 2. The summed E-state index contributed by atoms with van der Waals surface area (Å²) < 4.78 is 0. The number of rotatable bonds is 6. The summed E-state index contributed by atoms with van der Waals surface area (Å²) in [6, 6.07) is 11.9. The molecule has 0 heterocycles. The van der Waals surface area contributed by atoms with Crippen molar-refractivity contribution >= 4 is 0 Å². The average molecular weight is 274 g/mol. The van der Waals surface area contributed by atoms with Crippen molar-refractivity contribution in [3.05, 3.63) is 35.9 Å². The first kappa shape index (κ1) is 15.5. The topological polar surface area (TPSA) is 15.3 Å². The highest BCUT2D eigenvalue weighted by Gasteiger charge is 2.23. The summed E-state index contributed by atoms with van der Waals surface area (Å²) in [5.74, 6) is 0.858. The molecule has 1 aliphatic carbocycles. The van der Waals surface area contributed by atoms with Gasteiger partial charge in [0.25, 0.3) is 0 Å². The van der Waals surface area contributed by atoms with E-state index in [1.165, 1.54) is 37.7 Å². The van der Waals surface area contributed by atoms with E-state index in [9.17, 15) is 0 Å². The molecular weight excluding hydrogens is 244 g/mol. The van der Waals surface area contributed by atoms with Crippen LogP contribution < -0.4 is 5.32 Å². The Labute approximate surface area is 124 Å². The summed E-state index contributed by atoms with van der Waals surface area (Å²) in [5.41, 5.74) is 1.41. The van der Waals surface area contributed by atoms with Crippen molar-refractivity contribution in [2.75, 3.05) is 20.6 Å². The van der Waals surface area contributed by atoms with Crippen LogP contribution in [0.3, 0.4) is 0 Å². The molecule has 2 unspecified atom stereocenters. The number of hydrogen-bond donors (Lipinski definition) is 1. The Morgan fingerprint density at radius 3 is 2.35 bits per heavy atom. The van der Waals surface area contributed by atoms with Crippen molar-refractivity contribution in [2.24, 2.45) is 5.92 Å². The molecule has 0 aromatic heterocycles. The predicted octanol–water partition coefficient (Wildman–Crippen LogP) is 3.85. The summed E-state index contributed by atoms with van der Waals surface area (Å²) in [5, 5.41) is 3.89. The fourth-order valence-electron chi connectivity index (χ4n) is 3.39. The molecule has 112 valence electrons. The van der Waals surface area contributed by atoms with Crippen LogP contribution in [-0.4, -0.2) is 31.6 Å². The monoisotopic (exact) mass is 274 g/mol. The van der Waals surface area contributed by atoms with Gasteiger partial charge in [0.1, 0.15) is 0 Å². The zero-order chi connectivity index (χ0) is 14.4. The van der Waals surface area contributed by atoms with Gasteiger partial charge >= 0.3 is 0 Å². The van der Waals surface area contributed by atoms with Crippen molar-refractivity contribution in [3.8, 4) is 0 Å². The molecule has 0 radical (unpaired) electrons. The van der Waals surface area contributed by atoms with E-state index >= 15 is 0 Å². The molecule has 1 saturated carbocycles. The smallest absolute Gasteiger partial charge is 0.0451 e. The Balaban J connectivity index is 1.99. The van der Waals surface area contributed by atoms with Crippen molar-refractivity contribution in [2.45, 2.75) is 51.1 Å². The highest BCUT2D eigenvalue weighted by Crippen LogP contribution is 2.27. The maximum atomic E-state index is 3.89. The molecule has 1 aromatic rings. The van der Waals surface area contributed by atoms with E-state index in [1.807, 2.05) is 0 Å². The molecular formula is C18H30N2. The van der Waals surface area contributed by atoms with Crippen LogP contribution in [0.2, 0.25) is 0 Å². The van der Waals surface area contributed by atoms with E-state index in [0.29, 0.717) is 12.1 Å². The predicted molar refractivity (Wildman–Crippen MR) is 86.9 cm³/mol. The fraction of sp³-hybridized carbons (Fsp3) is 0.667. The molecule has 2 rings (SSSR count). The van der Waals surface area contributed by atoms with Gasteiger partial charge in [-0.3, -0.25) is 0 Å². The number of nitrogens with one attached hydrogen (secondary N) is 1. The van der Waals surface area contributed by atoms with Crippen LogP contribution in [0.4, 0.5) is 0 Å². The summed E-state index contributed by atoms with van der Waals surface area (Å²) in [4.78, 5) is 2.28. The lowest BCUT2D eigenvalue weighted by atomic mass is 9.84. The molecule has 0 aliphatic heterocycles. The maximum Gasteiger partial charge on any atom is 0.0451 e. The Hall–Kier alpha value is -0.860. The van der Waals surface area contributed by atoms with E-state index in [2.05, 4.69) is 61.6 Å². The van der Waals surface area contributed by atoms with Crippen LogP contribution in [-0.2, 0) is 0 Å². The molecule has 1 aromatic carbocycles. The van der Waals surface area contributed by atoms with Gasteiger partial charge in [0.05, 0.1) is 0 Å². The number of likely N-dealkylation sites (N-methyl/N-ethyl adjacent to an activating group) is 1. The second kappa shape index (κ2) is 7.80. The lowest BCUT2D eigenvalue weighted by molar-refractivity contribution is 0.244. The Morgan fingerprint density at radius 1 is 1.10 bits per heavy atom. The first-order chi connectivity index (χ1) is 9.66. The molecule has 0 spiro atoms. The minimum Gasteiger partial charge on any atom is -0.308 e. The van der Waals surface area contributed by atoms with Gasteiger partial charge < -0.3 is 10.2 Å². The minimum atomic E-state index is 0.433. The van der Waals surface area contributed by atoms with E-state index in [0.717, 1.165) is 12.5 Å². The molecule has 2 heteroatoms. The first-order valence-corrected chi connectivity index (χ1v) is 8.12. The van der Waals surface area contributed by atoms with E-state index in [-0.39, 0.29) is 0 Å². The third-order valence-corrected chi connectivity index (χ3v) is 4.57. The highest BCUT2D eigenvalue weighted by atomic mass is 15.1.